The van der Waals surface area contributed by atoms with Gasteiger partial charge >= 0.3 is 0 Å². The van der Waals surface area contributed by atoms with Gasteiger partial charge in [-0.2, -0.15) is 5.26 Å². The second kappa shape index (κ2) is 5.14. The van der Waals surface area contributed by atoms with Gasteiger partial charge in [-0.3, -0.25) is 0 Å². The van der Waals surface area contributed by atoms with Gasteiger partial charge in [0, 0.05) is 5.69 Å². The number of nitrogens with one attached hydrogen (secondary N) is 1. The lowest BCUT2D eigenvalue weighted by atomic mass is 10.2. The van der Waals surface area contributed by atoms with Crippen molar-refractivity contribution in [2.24, 2.45) is 0 Å². The van der Waals surface area contributed by atoms with Crippen LogP contribution in [0.3, 0.4) is 0 Å². The predicted octanol–water partition coefficient (Wildman–Crippen LogP) is 2.93. The summed E-state index contributed by atoms with van der Waals surface area (Å²) in [7, 11) is 0. The molecule has 2 unspecified atom stereocenters. The van der Waals surface area contributed by atoms with E-state index in [1.54, 1.807) is 4.90 Å². The number of rotatable bonds is 4. The van der Waals surface area contributed by atoms with Gasteiger partial charge in [-0.1, -0.05) is 35.9 Å². The Morgan fingerprint density at radius 1 is 1.10 bits per heavy atom. The Kier molecular flexibility index (Phi) is 3.18. The summed E-state index contributed by atoms with van der Waals surface area (Å²) in [6.07, 6.45) is 1.78. The molecular weight excluding hydrogens is 250 g/mol. The van der Waals surface area contributed by atoms with Gasteiger partial charge < -0.3 is 10.1 Å². The molecule has 0 aromatic heterocycles. The number of hydrogen-bond donors (Lipinski definition) is 1. The molecule has 0 amide bonds. The Hall–Kier alpha value is -2.67. The monoisotopic (exact) mass is 265 g/mol. The van der Waals surface area contributed by atoms with Crippen LogP contribution in [0.15, 0.2) is 54.6 Å². The van der Waals surface area contributed by atoms with E-state index in [0.717, 1.165) is 11.4 Å². The molecule has 4 nitrogen and oxygen atoms in total. The third kappa shape index (κ3) is 2.52. The number of anilines is 1. The highest BCUT2D eigenvalue weighted by Crippen LogP contribution is 2.31. The maximum absolute atomic E-state index is 9.10. The maximum atomic E-state index is 9.10. The molecule has 2 atom stereocenters. The smallest absolute Gasteiger partial charge is 0.222 e. The first-order valence-corrected chi connectivity index (χ1v) is 6.51. The quantitative estimate of drug-likeness (QED) is 0.682. The van der Waals surface area contributed by atoms with Gasteiger partial charge in [-0.25, -0.2) is 4.90 Å². The molecule has 100 valence electrons. The topological polar surface area (TPSA) is 48.1 Å². The second-order valence-electron chi connectivity index (χ2n) is 4.78. The number of benzene rings is 2. The number of hydrogen-bond acceptors (Lipinski definition) is 4. The van der Waals surface area contributed by atoms with Crippen LogP contribution in [0.5, 0.6) is 5.75 Å². The second-order valence-corrected chi connectivity index (χ2v) is 4.78. The first-order valence-electron chi connectivity index (χ1n) is 6.51. The Balaban J connectivity index is 1.65. The van der Waals surface area contributed by atoms with Crippen molar-refractivity contribution in [2.45, 2.75) is 19.3 Å². The molecule has 1 N–H and O–H groups in total. The Bertz CT molecular complexity index is 618. The molecule has 0 spiro atoms. The first kappa shape index (κ1) is 12.4. The lowest BCUT2D eigenvalue weighted by molar-refractivity contribution is 0.259. The van der Waals surface area contributed by atoms with E-state index in [4.69, 9.17) is 10.00 Å². The zero-order valence-electron chi connectivity index (χ0n) is 11.2. The van der Waals surface area contributed by atoms with E-state index < -0.39 is 0 Å². The molecule has 1 aliphatic heterocycles. The Morgan fingerprint density at radius 2 is 1.80 bits per heavy atom. The third-order valence-corrected chi connectivity index (χ3v) is 3.24. The SMILES string of the molecule is Cc1ccc(NC2C(Oc3ccccc3)N2C#N)cc1. The van der Waals surface area contributed by atoms with E-state index in [9.17, 15) is 0 Å². The van der Waals surface area contributed by atoms with Crippen molar-refractivity contribution in [1.29, 1.82) is 5.26 Å². The lowest BCUT2D eigenvalue weighted by Crippen LogP contribution is -2.11. The zero-order chi connectivity index (χ0) is 13.9. The molecule has 0 radical (unpaired) electrons. The van der Waals surface area contributed by atoms with Crippen LogP contribution in [0.1, 0.15) is 5.56 Å². The fraction of sp³-hybridized carbons (Fsp3) is 0.188. The number of aryl methyl sites for hydroxylation is 1. The van der Waals surface area contributed by atoms with Gasteiger partial charge in [0.05, 0.1) is 0 Å². The molecule has 3 rings (SSSR count). The minimum absolute atomic E-state index is 0.108. The molecule has 4 heteroatoms. The van der Waals surface area contributed by atoms with Gasteiger partial charge in [0.25, 0.3) is 0 Å². The average molecular weight is 265 g/mol. The van der Waals surface area contributed by atoms with E-state index >= 15 is 0 Å². The van der Waals surface area contributed by atoms with Crippen LogP contribution < -0.4 is 10.1 Å². The summed E-state index contributed by atoms with van der Waals surface area (Å²) in [4.78, 5) is 1.59. The zero-order valence-corrected chi connectivity index (χ0v) is 11.2. The summed E-state index contributed by atoms with van der Waals surface area (Å²) in [6.45, 7) is 2.05. The van der Waals surface area contributed by atoms with Gasteiger partial charge in [-0.05, 0) is 31.2 Å². The summed E-state index contributed by atoms with van der Waals surface area (Å²) >= 11 is 0. The molecular formula is C16H15N3O. The van der Waals surface area contributed by atoms with Crippen LogP contribution in [0.25, 0.3) is 0 Å². The predicted molar refractivity (Wildman–Crippen MR) is 76.9 cm³/mol. The molecule has 0 aliphatic carbocycles. The fourth-order valence-electron chi connectivity index (χ4n) is 2.05. The summed E-state index contributed by atoms with van der Waals surface area (Å²) in [5, 5.41) is 12.4. The van der Waals surface area contributed by atoms with E-state index in [-0.39, 0.29) is 12.4 Å². The highest BCUT2D eigenvalue weighted by atomic mass is 16.5. The van der Waals surface area contributed by atoms with Gasteiger partial charge in [0.1, 0.15) is 5.75 Å². The number of nitrogens with zero attached hydrogens (tertiary/aromatic N) is 2. The minimum Gasteiger partial charge on any atom is -0.465 e. The van der Waals surface area contributed by atoms with Gasteiger partial charge in [0.2, 0.25) is 6.23 Å². The molecule has 2 aromatic carbocycles. The van der Waals surface area contributed by atoms with Crippen LogP contribution >= 0.6 is 0 Å². The van der Waals surface area contributed by atoms with Crippen LogP contribution in [-0.4, -0.2) is 17.3 Å². The van der Waals surface area contributed by atoms with E-state index in [1.165, 1.54) is 5.56 Å². The van der Waals surface area contributed by atoms with Crippen molar-refractivity contribution in [2.75, 3.05) is 5.32 Å². The molecule has 0 bridgehead atoms. The molecule has 1 aliphatic rings. The maximum Gasteiger partial charge on any atom is 0.222 e. The van der Waals surface area contributed by atoms with Crippen molar-refractivity contribution >= 4 is 5.69 Å². The third-order valence-electron chi connectivity index (χ3n) is 3.24. The molecule has 20 heavy (non-hydrogen) atoms. The molecule has 0 saturated carbocycles. The largest absolute Gasteiger partial charge is 0.465 e. The van der Waals surface area contributed by atoms with E-state index in [2.05, 4.69) is 11.5 Å². The summed E-state index contributed by atoms with van der Waals surface area (Å²) in [5.74, 6) is 0.769. The normalized spacial score (nSPS) is 20.1. The highest BCUT2D eigenvalue weighted by Gasteiger charge is 2.50. The summed E-state index contributed by atoms with van der Waals surface area (Å²) < 4.78 is 5.78. The van der Waals surface area contributed by atoms with Crippen molar-refractivity contribution in [1.82, 2.24) is 4.90 Å². The average Bonchev–Trinajstić information content (AvgIpc) is 3.13. The molecule has 1 fully saturated rings. The molecule has 1 heterocycles. The standard InChI is InChI=1S/C16H15N3O/c1-12-7-9-13(10-8-12)18-15-16(19(15)11-17)20-14-5-3-2-4-6-14/h2-10,15-16,18H,1H3. The van der Waals surface area contributed by atoms with Crippen LogP contribution in [0.4, 0.5) is 5.69 Å². The number of ether oxygens (including phenoxy) is 1. The van der Waals surface area contributed by atoms with E-state index in [0.29, 0.717) is 0 Å². The Labute approximate surface area is 118 Å². The van der Waals surface area contributed by atoms with E-state index in [1.807, 2.05) is 61.5 Å². The molecule has 2 aromatic rings. The highest BCUT2D eigenvalue weighted by molar-refractivity contribution is 5.47. The van der Waals surface area contributed by atoms with Crippen LogP contribution in [-0.2, 0) is 0 Å². The van der Waals surface area contributed by atoms with Gasteiger partial charge in [0.15, 0.2) is 12.4 Å². The van der Waals surface area contributed by atoms with Crippen molar-refractivity contribution in [3.63, 3.8) is 0 Å². The number of nitriles is 1. The van der Waals surface area contributed by atoms with Crippen molar-refractivity contribution in [3.05, 3.63) is 60.2 Å². The van der Waals surface area contributed by atoms with Crippen molar-refractivity contribution in [3.8, 4) is 11.9 Å². The van der Waals surface area contributed by atoms with Crippen molar-refractivity contribution < 1.29 is 4.74 Å². The van der Waals surface area contributed by atoms with Crippen LogP contribution in [0.2, 0.25) is 0 Å². The Morgan fingerprint density at radius 3 is 2.45 bits per heavy atom. The fourth-order valence-corrected chi connectivity index (χ4v) is 2.05. The first-order chi connectivity index (χ1) is 9.78. The number of para-hydroxylation sites is 1. The van der Waals surface area contributed by atoms with Crippen LogP contribution in [0, 0.1) is 18.4 Å². The van der Waals surface area contributed by atoms with Gasteiger partial charge in [-0.15, -0.1) is 0 Å². The summed E-state index contributed by atoms with van der Waals surface area (Å²) in [5.41, 5.74) is 2.19. The molecule has 1 saturated heterocycles. The lowest BCUT2D eigenvalue weighted by Gasteiger charge is -2.05. The summed E-state index contributed by atoms with van der Waals surface area (Å²) in [6, 6.07) is 17.6. The minimum atomic E-state index is -0.247.